The molecule has 5 atom stereocenters. The van der Waals surface area contributed by atoms with Gasteiger partial charge < -0.3 is 18.9 Å². The van der Waals surface area contributed by atoms with E-state index in [1.54, 1.807) is 37.3 Å². The Bertz CT molecular complexity index is 1620. The van der Waals surface area contributed by atoms with E-state index in [1.165, 1.54) is 24.3 Å². The van der Waals surface area contributed by atoms with Crippen LogP contribution in [0.4, 0.5) is 52.7 Å². The van der Waals surface area contributed by atoms with Crippen molar-refractivity contribution in [1.82, 2.24) is 0 Å². The molecular formula is C31H24F12O4. The van der Waals surface area contributed by atoms with Crippen molar-refractivity contribution in [3.8, 4) is 11.5 Å². The molecule has 5 unspecified atom stereocenters. The fraction of sp³-hybridized carbons (Fsp3) is 0.419. The van der Waals surface area contributed by atoms with Gasteiger partial charge in [0.25, 0.3) is 0 Å². The molecule has 0 heterocycles. The summed E-state index contributed by atoms with van der Waals surface area (Å²) in [6, 6.07) is 16.5. The van der Waals surface area contributed by atoms with Gasteiger partial charge in [0.2, 0.25) is 0 Å². The molecule has 16 heteroatoms. The van der Waals surface area contributed by atoms with E-state index in [2.05, 4.69) is 18.9 Å². The summed E-state index contributed by atoms with van der Waals surface area (Å²) in [5, 5.41) is 0. The van der Waals surface area contributed by atoms with Crippen molar-refractivity contribution in [2.45, 2.75) is 66.4 Å². The summed E-state index contributed by atoms with van der Waals surface area (Å²) in [6.07, 6.45) is 0. The van der Waals surface area contributed by atoms with Crippen molar-refractivity contribution >= 4 is 0 Å². The van der Waals surface area contributed by atoms with Crippen molar-refractivity contribution in [2.24, 2.45) is 0 Å². The van der Waals surface area contributed by atoms with Crippen molar-refractivity contribution in [3.63, 3.8) is 0 Å². The Morgan fingerprint density at radius 3 is 1.21 bits per heavy atom. The van der Waals surface area contributed by atoms with Crippen LogP contribution in [0.2, 0.25) is 0 Å². The summed E-state index contributed by atoms with van der Waals surface area (Å²) in [4.78, 5) is 0. The van der Waals surface area contributed by atoms with Crippen LogP contribution in [-0.4, -0.2) is 60.8 Å². The van der Waals surface area contributed by atoms with Crippen LogP contribution in [0.5, 0.6) is 11.5 Å². The summed E-state index contributed by atoms with van der Waals surface area (Å²) in [5.41, 5.74) is -0.185. The van der Waals surface area contributed by atoms with Crippen LogP contribution in [0.3, 0.4) is 0 Å². The van der Waals surface area contributed by atoms with E-state index in [-0.39, 0.29) is 18.2 Å². The van der Waals surface area contributed by atoms with E-state index < -0.39 is 70.6 Å². The van der Waals surface area contributed by atoms with E-state index in [1.807, 2.05) is 0 Å². The minimum atomic E-state index is -5.62. The molecule has 0 bridgehead atoms. The van der Waals surface area contributed by atoms with Gasteiger partial charge in [0.15, 0.2) is 0 Å². The Hall–Kier alpha value is -3.66. The largest absolute Gasteiger partial charge is 0.448 e. The van der Waals surface area contributed by atoms with Crippen LogP contribution in [-0.2, 0) is 14.9 Å². The van der Waals surface area contributed by atoms with E-state index >= 15 is 8.78 Å². The first kappa shape index (κ1) is 34.7. The van der Waals surface area contributed by atoms with Gasteiger partial charge in [-0.1, -0.05) is 54.6 Å². The predicted octanol–water partition coefficient (Wildman–Crippen LogP) is 8.71. The quantitative estimate of drug-likeness (QED) is 0.158. The van der Waals surface area contributed by atoms with E-state index in [0.717, 1.165) is 31.2 Å². The zero-order chi connectivity index (χ0) is 35.1. The molecule has 0 amide bonds. The van der Waals surface area contributed by atoms with Gasteiger partial charge in [-0.25, -0.2) is 0 Å². The molecule has 256 valence electrons. The van der Waals surface area contributed by atoms with Gasteiger partial charge in [0, 0.05) is 19.1 Å². The van der Waals surface area contributed by atoms with E-state index in [0.29, 0.717) is 5.56 Å². The Morgan fingerprint density at radius 2 is 0.830 bits per heavy atom. The summed E-state index contributed by atoms with van der Waals surface area (Å²) in [5.74, 6) is -43.4. The second kappa shape index (κ2) is 10.4. The van der Waals surface area contributed by atoms with E-state index in [4.69, 9.17) is 0 Å². The number of alkyl halides is 12. The van der Waals surface area contributed by atoms with Gasteiger partial charge in [0.05, 0.1) is 0 Å². The Morgan fingerprint density at radius 1 is 0.489 bits per heavy atom. The second-order valence-corrected chi connectivity index (χ2v) is 11.1. The molecule has 4 nitrogen and oxygen atoms in total. The van der Waals surface area contributed by atoms with Crippen molar-refractivity contribution in [3.05, 3.63) is 95.6 Å². The highest BCUT2D eigenvalue weighted by atomic mass is 19.3. The predicted molar refractivity (Wildman–Crippen MR) is 140 cm³/mol. The molecule has 5 rings (SSSR count). The molecule has 2 saturated carbocycles. The number of hydrogen-bond acceptors (Lipinski definition) is 4. The Labute approximate surface area is 259 Å². The maximum absolute atomic E-state index is 15.2. The highest BCUT2D eigenvalue weighted by Gasteiger charge is 3.03. The number of ether oxygens (including phenoxy) is 4. The number of benzene rings is 3. The lowest BCUT2D eigenvalue weighted by atomic mass is 9.71. The average molecular weight is 689 g/mol. The Balaban J connectivity index is 1.48. The maximum atomic E-state index is 15.2. The van der Waals surface area contributed by atoms with Gasteiger partial charge in [-0.3, -0.25) is 0 Å². The second-order valence-electron chi connectivity index (χ2n) is 11.1. The minimum absolute atomic E-state index is 0.263. The van der Waals surface area contributed by atoms with Crippen LogP contribution in [0, 0.1) is 0 Å². The van der Waals surface area contributed by atoms with Gasteiger partial charge >= 0.3 is 47.1 Å². The molecule has 0 radical (unpaired) electrons. The third kappa shape index (κ3) is 3.99. The van der Waals surface area contributed by atoms with Crippen molar-refractivity contribution < 1.29 is 71.6 Å². The molecule has 3 aromatic carbocycles. The van der Waals surface area contributed by atoms with Gasteiger partial charge in [-0.2, -0.15) is 52.7 Å². The molecule has 47 heavy (non-hydrogen) atoms. The van der Waals surface area contributed by atoms with Gasteiger partial charge in [-0.15, -0.1) is 0 Å². The van der Waals surface area contributed by atoms with Crippen LogP contribution in [0.1, 0.15) is 30.5 Å². The average Bonchev–Trinajstić information content (AvgIpc) is 3.04. The standard InChI is InChI=1S/C31H24F12O4/c1-4-45-29(41)25(34,35)27(38,39)31(29,43)47-22-16-12-20(13-17-22)23(2,18-8-6-5-7-9-18)19-10-14-21(15-11-19)46-30(42)26(36,37)24(32,33)28(30,40)44-3/h5-17H,4H2,1-3H3. The molecule has 0 aromatic heterocycles. The zero-order valence-corrected chi connectivity index (χ0v) is 24.4. The number of methoxy groups -OCH3 is 1. The normalized spacial score (nSPS) is 32.7. The number of hydrogen-bond donors (Lipinski definition) is 0. The lowest BCUT2D eigenvalue weighted by molar-refractivity contribution is -0.541. The molecule has 0 N–H and O–H groups in total. The topological polar surface area (TPSA) is 36.9 Å². The molecule has 2 aliphatic rings. The fourth-order valence-electron chi connectivity index (χ4n) is 5.70. The summed E-state index contributed by atoms with van der Waals surface area (Å²) in [6.45, 7) is 1.69. The minimum Gasteiger partial charge on any atom is -0.448 e. The maximum Gasteiger partial charge on any atom is 0.390 e. The van der Waals surface area contributed by atoms with Crippen LogP contribution in [0.25, 0.3) is 0 Å². The van der Waals surface area contributed by atoms with Crippen molar-refractivity contribution in [2.75, 3.05) is 13.7 Å². The fourth-order valence-corrected chi connectivity index (χ4v) is 5.70. The first-order valence-electron chi connectivity index (χ1n) is 13.7. The SMILES string of the molecule is CCOC1(F)C(F)(F)C(F)(F)C1(F)Oc1ccc(C(C)(c2ccccc2)c2ccc(OC3(F)C(F)(F)C(F)(F)C3(F)OC)cc2)cc1. The first-order valence-corrected chi connectivity index (χ1v) is 13.7. The van der Waals surface area contributed by atoms with Gasteiger partial charge in [0.1, 0.15) is 11.5 Å². The lowest BCUT2D eigenvalue weighted by Gasteiger charge is -2.55. The highest BCUT2D eigenvalue weighted by Crippen LogP contribution is 2.69. The van der Waals surface area contributed by atoms with E-state index in [9.17, 15) is 43.9 Å². The Kier molecular flexibility index (Phi) is 7.68. The highest BCUT2D eigenvalue weighted by molar-refractivity contribution is 5.51. The summed E-state index contributed by atoms with van der Waals surface area (Å²) in [7, 11) is 0.263. The molecule has 2 fully saturated rings. The third-order valence-electron chi connectivity index (χ3n) is 8.59. The molecule has 0 aliphatic heterocycles. The number of halogens is 12. The van der Waals surface area contributed by atoms with Crippen LogP contribution in [0.15, 0.2) is 78.9 Å². The molecule has 0 saturated heterocycles. The molecule has 3 aromatic rings. The molecule has 0 spiro atoms. The van der Waals surface area contributed by atoms with Crippen LogP contribution < -0.4 is 9.47 Å². The zero-order valence-electron chi connectivity index (χ0n) is 24.4. The number of rotatable bonds is 10. The van der Waals surface area contributed by atoms with Crippen molar-refractivity contribution in [1.29, 1.82) is 0 Å². The lowest BCUT2D eigenvalue weighted by Crippen LogP contribution is -2.88. The summed E-state index contributed by atoms with van der Waals surface area (Å²) >= 11 is 0. The monoisotopic (exact) mass is 688 g/mol. The molecule has 2 aliphatic carbocycles. The van der Waals surface area contributed by atoms with Gasteiger partial charge in [-0.05, 0) is 54.8 Å². The first-order chi connectivity index (χ1) is 21.6. The summed E-state index contributed by atoms with van der Waals surface area (Å²) < 4.78 is 188. The third-order valence-corrected chi connectivity index (χ3v) is 8.59. The smallest absolute Gasteiger partial charge is 0.390 e. The molecular weight excluding hydrogens is 664 g/mol. The van der Waals surface area contributed by atoms with Crippen LogP contribution >= 0.6 is 0 Å².